The molecule has 0 spiro atoms. The van der Waals surface area contributed by atoms with Crippen molar-refractivity contribution >= 4 is 17.2 Å². The molecule has 3 aliphatic rings. The third-order valence-electron chi connectivity index (χ3n) is 9.19. The van der Waals surface area contributed by atoms with E-state index in [1.807, 2.05) is 22.4 Å². The maximum atomic E-state index is 14.1. The highest BCUT2D eigenvalue weighted by Crippen LogP contribution is 2.42. The maximum absolute atomic E-state index is 14.1. The van der Waals surface area contributed by atoms with Gasteiger partial charge in [-0.3, -0.25) is 14.6 Å². The van der Waals surface area contributed by atoms with Crippen molar-refractivity contribution in [3.05, 3.63) is 59.3 Å². The third-order valence-corrected chi connectivity index (χ3v) is 9.19. The lowest BCUT2D eigenvalue weighted by molar-refractivity contribution is -0.121. The van der Waals surface area contributed by atoms with Crippen molar-refractivity contribution in [2.45, 2.75) is 76.4 Å². The van der Waals surface area contributed by atoms with E-state index in [2.05, 4.69) is 46.0 Å². The number of likely N-dealkylation sites (tertiary alicyclic amines) is 1. The first kappa shape index (κ1) is 29.1. The van der Waals surface area contributed by atoms with Crippen LogP contribution in [0.25, 0.3) is 5.65 Å². The van der Waals surface area contributed by atoms with Gasteiger partial charge in [-0.15, -0.1) is 0 Å². The fourth-order valence-electron chi connectivity index (χ4n) is 7.00. The zero-order valence-corrected chi connectivity index (χ0v) is 24.8. The van der Waals surface area contributed by atoms with E-state index in [0.29, 0.717) is 39.1 Å². The van der Waals surface area contributed by atoms with Crippen LogP contribution >= 0.6 is 0 Å². The Hall–Kier alpha value is -3.02. The first-order valence-electron chi connectivity index (χ1n) is 14.9. The summed E-state index contributed by atoms with van der Waals surface area (Å²) in [5, 5.41) is 8.07. The minimum absolute atomic E-state index is 0.00588. The first-order chi connectivity index (χ1) is 19.9. The van der Waals surface area contributed by atoms with Gasteiger partial charge >= 0.3 is 0 Å². The number of amides is 1. The molecular formula is C31H40F3N7O. The number of alkyl halides is 2. The van der Waals surface area contributed by atoms with Crippen LogP contribution in [-0.4, -0.2) is 93.6 Å². The van der Waals surface area contributed by atoms with Gasteiger partial charge in [0.25, 0.3) is 5.92 Å². The number of piperazine rings is 1. The number of anilines is 1. The normalized spacial score (nSPS) is 26.1. The molecule has 8 nitrogen and oxygen atoms in total. The Balaban J connectivity index is 1.26. The number of carbonyl (C=O) groups is 1. The molecule has 1 aromatic carbocycles. The predicted octanol–water partition coefficient (Wildman–Crippen LogP) is 3.87. The molecule has 0 aliphatic carbocycles. The SMILES string of the molecule is C[C@@H]1CN(CC(=O)N2CC(C)(C)c3c2cc(Cc2ccc(F)cc2)c2ncnn32)[C@@H](CN2CCC(F)(F)C[C@H]2C)CN1. The van der Waals surface area contributed by atoms with Crippen LogP contribution in [0.4, 0.5) is 18.9 Å². The summed E-state index contributed by atoms with van der Waals surface area (Å²) in [6.07, 6.45) is 1.82. The lowest BCUT2D eigenvalue weighted by Crippen LogP contribution is -2.62. The van der Waals surface area contributed by atoms with Crippen molar-refractivity contribution in [3.8, 4) is 0 Å². The van der Waals surface area contributed by atoms with Gasteiger partial charge < -0.3 is 10.2 Å². The molecule has 2 fully saturated rings. The maximum Gasteiger partial charge on any atom is 0.250 e. The van der Waals surface area contributed by atoms with Crippen molar-refractivity contribution in [1.82, 2.24) is 29.7 Å². The third kappa shape index (κ3) is 5.66. The van der Waals surface area contributed by atoms with Gasteiger partial charge in [0.15, 0.2) is 5.65 Å². The molecule has 42 heavy (non-hydrogen) atoms. The molecule has 1 N–H and O–H groups in total. The van der Waals surface area contributed by atoms with Gasteiger partial charge in [0.1, 0.15) is 12.1 Å². The van der Waals surface area contributed by atoms with Crippen LogP contribution in [0.5, 0.6) is 0 Å². The molecule has 2 saturated heterocycles. The van der Waals surface area contributed by atoms with Gasteiger partial charge in [-0.25, -0.2) is 22.7 Å². The summed E-state index contributed by atoms with van der Waals surface area (Å²) in [7, 11) is 0. The lowest BCUT2D eigenvalue weighted by atomic mass is 9.90. The average molecular weight is 584 g/mol. The van der Waals surface area contributed by atoms with Crippen LogP contribution in [0.2, 0.25) is 0 Å². The van der Waals surface area contributed by atoms with Crippen molar-refractivity contribution in [2.75, 3.05) is 44.2 Å². The van der Waals surface area contributed by atoms with E-state index in [1.165, 1.54) is 18.5 Å². The molecule has 5 heterocycles. The van der Waals surface area contributed by atoms with Crippen molar-refractivity contribution in [2.24, 2.45) is 0 Å². The van der Waals surface area contributed by atoms with Gasteiger partial charge in [-0.2, -0.15) is 5.10 Å². The first-order valence-corrected chi connectivity index (χ1v) is 14.9. The molecule has 1 amide bonds. The van der Waals surface area contributed by atoms with Crippen molar-refractivity contribution < 1.29 is 18.0 Å². The molecule has 0 bridgehead atoms. The molecule has 0 unspecified atom stereocenters. The summed E-state index contributed by atoms with van der Waals surface area (Å²) in [4.78, 5) is 24.9. The van der Waals surface area contributed by atoms with Crippen LogP contribution in [0.1, 0.15) is 57.4 Å². The van der Waals surface area contributed by atoms with E-state index in [1.54, 1.807) is 12.1 Å². The zero-order valence-electron chi connectivity index (χ0n) is 24.8. The fourth-order valence-corrected chi connectivity index (χ4v) is 7.00. The minimum atomic E-state index is -2.61. The summed E-state index contributed by atoms with van der Waals surface area (Å²) in [6.45, 7) is 11.4. The monoisotopic (exact) mass is 583 g/mol. The van der Waals surface area contributed by atoms with Gasteiger partial charge in [0.2, 0.25) is 5.91 Å². The number of carbonyl (C=O) groups excluding carboxylic acids is 1. The van der Waals surface area contributed by atoms with Gasteiger partial charge in [-0.1, -0.05) is 26.0 Å². The van der Waals surface area contributed by atoms with Crippen LogP contribution in [-0.2, 0) is 16.6 Å². The van der Waals surface area contributed by atoms with E-state index in [-0.39, 0.29) is 54.7 Å². The molecule has 11 heteroatoms. The van der Waals surface area contributed by atoms with Crippen molar-refractivity contribution in [3.63, 3.8) is 0 Å². The number of hydrogen-bond acceptors (Lipinski definition) is 6. The summed E-state index contributed by atoms with van der Waals surface area (Å²) in [5.74, 6) is -2.88. The highest BCUT2D eigenvalue weighted by Gasteiger charge is 2.43. The number of fused-ring (bicyclic) bond motifs is 3. The summed E-state index contributed by atoms with van der Waals surface area (Å²) < 4.78 is 43.4. The van der Waals surface area contributed by atoms with Crippen molar-refractivity contribution in [1.29, 1.82) is 0 Å². The van der Waals surface area contributed by atoms with Gasteiger partial charge in [0, 0.05) is 81.1 Å². The Kier molecular flexibility index (Phi) is 7.55. The number of rotatable bonds is 6. The highest BCUT2D eigenvalue weighted by molar-refractivity contribution is 5.97. The van der Waals surface area contributed by atoms with E-state index < -0.39 is 5.92 Å². The number of hydrogen-bond donors (Lipinski definition) is 1. The van der Waals surface area contributed by atoms with Crippen LogP contribution < -0.4 is 10.2 Å². The number of benzene rings is 1. The Morgan fingerprint density at radius 1 is 1.14 bits per heavy atom. The number of aromatic nitrogens is 3. The highest BCUT2D eigenvalue weighted by atomic mass is 19.3. The van der Waals surface area contributed by atoms with Gasteiger partial charge in [0.05, 0.1) is 17.9 Å². The van der Waals surface area contributed by atoms with Crippen LogP contribution in [0, 0.1) is 5.82 Å². The Morgan fingerprint density at radius 2 is 1.90 bits per heavy atom. The molecule has 6 rings (SSSR count). The Morgan fingerprint density at radius 3 is 2.64 bits per heavy atom. The van der Waals surface area contributed by atoms with Gasteiger partial charge in [-0.05, 0) is 37.6 Å². The molecular weight excluding hydrogens is 543 g/mol. The number of nitrogens with one attached hydrogen (secondary N) is 1. The largest absolute Gasteiger partial charge is 0.311 e. The van der Waals surface area contributed by atoms with E-state index >= 15 is 0 Å². The predicted molar refractivity (Wildman–Crippen MR) is 156 cm³/mol. The Bertz CT molecular complexity index is 1460. The molecule has 3 atom stereocenters. The van der Waals surface area contributed by atoms with E-state index in [0.717, 1.165) is 28.2 Å². The molecule has 226 valence electrons. The topological polar surface area (TPSA) is 69.0 Å². The second-order valence-electron chi connectivity index (χ2n) is 13.1. The average Bonchev–Trinajstić information content (AvgIpc) is 3.50. The van der Waals surface area contributed by atoms with E-state index in [4.69, 9.17) is 0 Å². The van der Waals surface area contributed by atoms with Crippen LogP contribution in [0.3, 0.4) is 0 Å². The molecule has 3 aromatic rings. The second kappa shape index (κ2) is 10.9. The van der Waals surface area contributed by atoms with Crippen LogP contribution in [0.15, 0.2) is 36.7 Å². The summed E-state index contributed by atoms with van der Waals surface area (Å²) in [6, 6.07) is 8.52. The van der Waals surface area contributed by atoms with E-state index in [9.17, 15) is 18.0 Å². The zero-order chi connectivity index (χ0) is 29.8. The molecule has 0 saturated carbocycles. The Labute approximate surface area is 244 Å². The minimum Gasteiger partial charge on any atom is -0.311 e. The quantitative estimate of drug-likeness (QED) is 0.476. The number of halogens is 3. The fraction of sp³-hybridized carbons (Fsp3) is 0.581. The summed E-state index contributed by atoms with van der Waals surface area (Å²) in [5.41, 5.74) is 4.01. The second-order valence-corrected chi connectivity index (χ2v) is 13.1. The number of pyridine rings is 1. The number of nitrogens with zero attached hydrogens (tertiary/aromatic N) is 6. The molecule has 2 aromatic heterocycles. The standard InChI is InChI=1S/C31H40F3N7O/c1-20-15-39(25(14-35-20)16-38-10-9-31(33,34)13-21(38)2)17-27(42)40-18-30(3,4)28-26(40)12-23(29-36-19-37-41(28)29)11-22-5-7-24(32)8-6-22/h5-8,12,19-21,25,35H,9-11,13-18H2,1-4H3/t20-,21-,25-/m1/s1. The number of piperidine rings is 1. The molecule has 3 aliphatic heterocycles. The molecule has 0 radical (unpaired) electrons. The smallest absolute Gasteiger partial charge is 0.250 e. The summed E-state index contributed by atoms with van der Waals surface area (Å²) >= 11 is 0. The lowest BCUT2D eigenvalue weighted by Gasteiger charge is -2.45.